The minimum absolute atomic E-state index is 0.668. The van der Waals surface area contributed by atoms with Gasteiger partial charge in [-0.15, -0.1) is 0 Å². The molecule has 67 heavy (non-hydrogen) atoms. The Bertz CT molecular complexity index is 3600. The molecule has 0 saturated heterocycles. The number of benzene rings is 9. The van der Waals surface area contributed by atoms with Gasteiger partial charge < -0.3 is 4.57 Å². The number of para-hydroxylation sites is 3. The smallest absolute Gasteiger partial charge is 0.161 e. The van der Waals surface area contributed by atoms with Crippen molar-refractivity contribution < 1.29 is 0 Å². The zero-order chi connectivity index (χ0) is 44.5. The van der Waals surface area contributed by atoms with Crippen molar-refractivity contribution in [2.75, 3.05) is 0 Å². The quantitative estimate of drug-likeness (QED) is 0.145. The SMILES string of the molecule is c1ccc(-c2cc(-c3ccccc3)nc(-c3cccc(-c4cccc5c6cccc(-c7ccccc7-c7nc(-c8ccccc8)cc(-c8ccccc8)n7)c6n(-c6ccccc6)c45)c3)n2)cc1. The molecule has 5 heteroatoms. The lowest BCUT2D eigenvalue weighted by molar-refractivity contribution is 1.17. The van der Waals surface area contributed by atoms with Crippen molar-refractivity contribution >= 4 is 21.8 Å². The molecule has 0 N–H and O–H groups in total. The van der Waals surface area contributed by atoms with Crippen LogP contribution in [-0.2, 0) is 0 Å². The van der Waals surface area contributed by atoms with E-state index in [1.807, 2.05) is 24.3 Å². The maximum Gasteiger partial charge on any atom is 0.161 e. The predicted octanol–water partition coefficient (Wildman–Crippen LogP) is 15.7. The Morgan fingerprint density at radius 2 is 0.597 bits per heavy atom. The molecule has 0 amide bonds. The van der Waals surface area contributed by atoms with Crippen molar-refractivity contribution in [1.82, 2.24) is 24.5 Å². The molecule has 0 bridgehead atoms. The van der Waals surface area contributed by atoms with E-state index in [0.717, 1.165) is 106 Å². The molecule has 12 aromatic rings. The van der Waals surface area contributed by atoms with Crippen molar-refractivity contribution in [2.24, 2.45) is 0 Å². The Balaban J connectivity index is 1.07. The summed E-state index contributed by atoms with van der Waals surface area (Å²) in [6, 6.07) is 86.8. The molecule has 0 unspecified atom stereocenters. The largest absolute Gasteiger partial charge is 0.308 e. The third-order valence-corrected chi connectivity index (χ3v) is 12.4. The molecule has 0 fully saturated rings. The van der Waals surface area contributed by atoms with E-state index in [2.05, 4.69) is 229 Å². The molecule has 12 rings (SSSR count). The fraction of sp³-hybridized carbons (Fsp3) is 0. The Labute approximate surface area is 389 Å². The Hall–Kier alpha value is -9.06. The molecule has 0 aliphatic carbocycles. The van der Waals surface area contributed by atoms with Crippen LogP contribution in [0.4, 0.5) is 0 Å². The molecule has 314 valence electrons. The summed E-state index contributed by atoms with van der Waals surface area (Å²) < 4.78 is 2.44. The van der Waals surface area contributed by atoms with Crippen LogP contribution in [0.5, 0.6) is 0 Å². The number of aromatic nitrogens is 5. The van der Waals surface area contributed by atoms with E-state index in [1.54, 1.807) is 0 Å². The van der Waals surface area contributed by atoms with E-state index < -0.39 is 0 Å². The molecule has 0 radical (unpaired) electrons. The van der Waals surface area contributed by atoms with Crippen LogP contribution < -0.4 is 0 Å². The van der Waals surface area contributed by atoms with Crippen molar-refractivity contribution in [3.8, 4) is 95.7 Å². The number of hydrogen-bond donors (Lipinski definition) is 0. The lowest BCUT2D eigenvalue weighted by atomic mass is 9.96. The predicted molar refractivity (Wildman–Crippen MR) is 275 cm³/mol. The summed E-state index contributed by atoms with van der Waals surface area (Å²) in [5.74, 6) is 1.34. The molecule has 0 atom stereocenters. The Morgan fingerprint density at radius 1 is 0.239 bits per heavy atom. The van der Waals surface area contributed by atoms with Crippen molar-refractivity contribution in [2.45, 2.75) is 0 Å². The summed E-state index contributed by atoms with van der Waals surface area (Å²) in [5.41, 5.74) is 17.1. The van der Waals surface area contributed by atoms with Gasteiger partial charge in [-0.2, -0.15) is 0 Å². The van der Waals surface area contributed by atoms with Crippen LogP contribution in [0.15, 0.2) is 249 Å². The summed E-state index contributed by atoms with van der Waals surface area (Å²) in [6.07, 6.45) is 0. The highest BCUT2D eigenvalue weighted by atomic mass is 15.0. The van der Waals surface area contributed by atoms with Crippen molar-refractivity contribution in [3.63, 3.8) is 0 Å². The van der Waals surface area contributed by atoms with E-state index in [0.29, 0.717) is 11.6 Å². The van der Waals surface area contributed by atoms with Crippen LogP contribution in [0.25, 0.3) is 118 Å². The fourth-order valence-electron chi connectivity index (χ4n) is 9.31. The van der Waals surface area contributed by atoms with Gasteiger partial charge in [0.25, 0.3) is 0 Å². The normalized spacial score (nSPS) is 11.3. The van der Waals surface area contributed by atoms with Crippen LogP contribution >= 0.6 is 0 Å². The molecule has 0 aliphatic heterocycles. The van der Waals surface area contributed by atoms with Gasteiger partial charge in [0, 0.05) is 61.0 Å². The number of rotatable bonds is 9. The topological polar surface area (TPSA) is 56.5 Å². The fourth-order valence-corrected chi connectivity index (χ4v) is 9.31. The zero-order valence-electron chi connectivity index (χ0n) is 36.4. The monoisotopic (exact) mass is 855 g/mol. The highest BCUT2D eigenvalue weighted by Gasteiger charge is 2.23. The second-order valence-corrected chi connectivity index (χ2v) is 16.6. The minimum Gasteiger partial charge on any atom is -0.308 e. The minimum atomic E-state index is 0.668. The third-order valence-electron chi connectivity index (χ3n) is 12.4. The lowest BCUT2D eigenvalue weighted by Gasteiger charge is -2.16. The molecule has 3 aromatic heterocycles. The average molecular weight is 856 g/mol. The molecule has 0 spiro atoms. The van der Waals surface area contributed by atoms with Gasteiger partial charge >= 0.3 is 0 Å². The third kappa shape index (κ3) is 7.44. The van der Waals surface area contributed by atoms with E-state index in [9.17, 15) is 0 Å². The maximum atomic E-state index is 5.29. The second-order valence-electron chi connectivity index (χ2n) is 16.6. The van der Waals surface area contributed by atoms with Crippen LogP contribution in [0.1, 0.15) is 0 Å². The first kappa shape index (κ1) is 39.5. The first-order valence-electron chi connectivity index (χ1n) is 22.6. The molecule has 0 aliphatic rings. The van der Waals surface area contributed by atoms with Gasteiger partial charge in [-0.25, -0.2) is 19.9 Å². The van der Waals surface area contributed by atoms with Gasteiger partial charge in [-0.1, -0.05) is 218 Å². The second kappa shape index (κ2) is 17.1. The number of fused-ring (bicyclic) bond motifs is 3. The van der Waals surface area contributed by atoms with Crippen molar-refractivity contribution in [1.29, 1.82) is 0 Å². The summed E-state index contributed by atoms with van der Waals surface area (Å²) in [4.78, 5) is 21.0. The summed E-state index contributed by atoms with van der Waals surface area (Å²) in [5, 5.41) is 2.31. The number of hydrogen-bond acceptors (Lipinski definition) is 4. The maximum absolute atomic E-state index is 5.29. The number of nitrogens with zero attached hydrogens (tertiary/aromatic N) is 5. The summed E-state index contributed by atoms with van der Waals surface area (Å²) in [6.45, 7) is 0. The lowest BCUT2D eigenvalue weighted by Crippen LogP contribution is -1.99. The van der Waals surface area contributed by atoms with Gasteiger partial charge in [-0.05, 0) is 41.5 Å². The average Bonchev–Trinajstić information content (AvgIpc) is 3.77. The highest BCUT2D eigenvalue weighted by molar-refractivity contribution is 6.18. The summed E-state index contributed by atoms with van der Waals surface area (Å²) in [7, 11) is 0. The van der Waals surface area contributed by atoms with Crippen LogP contribution in [0.3, 0.4) is 0 Å². The van der Waals surface area contributed by atoms with E-state index in [-0.39, 0.29) is 0 Å². The standard InChI is InChI=1S/C62H41N5/c1-6-21-42(22-7-1)55-40-56(43-23-8-2-9-24-43)64-61(63-55)47-30-18-29-46(39-47)49-35-19-37-52-53-38-20-36-51(60(53)67(59(49)52)48-31-14-5-15-32-48)50-33-16-17-34-54(50)62-65-57(44-25-10-3-11-26-44)41-58(66-62)45-27-12-4-13-28-45/h1-41H. The van der Waals surface area contributed by atoms with Gasteiger partial charge in [0.05, 0.1) is 33.8 Å². The summed E-state index contributed by atoms with van der Waals surface area (Å²) >= 11 is 0. The molecular formula is C62H41N5. The van der Waals surface area contributed by atoms with Gasteiger partial charge in [0.2, 0.25) is 0 Å². The molecule has 9 aromatic carbocycles. The molecular weight excluding hydrogens is 815 g/mol. The molecule has 5 nitrogen and oxygen atoms in total. The van der Waals surface area contributed by atoms with Crippen LogP contribution in [0, 0.1) is 0 Å². The first-order chi connectivity index (χ1) is 33.2. The zero-order valence-corrected chi connectivity index (χ0v) is 36.4. The van der Waals surface area contributed by atoms with E-state index in [1.165, 1.54) is 0 Å². The van der Waals surface area contributed by atoms with E-state index in [4.69, 9.17) is 19.9 Å². The Morgan fingerprint density at radius 3 is 1.10 bits per heavy atom. The van der Waals surface area contributed by atoms with Gasteiger partial charge in [-0.3, -0.25) is 0 Å². The van der Waals surface area contributed by atoms with Gasteiger partial charge in [0.15, 0.2) is 11.6 Å². The van der Waals surface area contributed by atoms with Crippen molar-refractivity contribution in [3.05, 3.63) is 249 Å². The Kier molecular flexibility index (Phi) is 10.1. The first-order valence-corrected chi connectivity index (χ1v) is 22.6. The van der Waals surface area contributed by atoms with Crippen LogP contribution in [0.2, 0.25) is 0 Å². The van der Waals surface area contributed by atoms with Gasteiger partial charge in [0.1, 0.15) is 0 Å². The molecule has 3 heterocycles. The molecule has 0 saturated carbocycles. The van der Waals surface area contributed by atoms with E-state index >= 15 is 0 Å². The van der Waals surface area contributed by atoms with Crippen LogP contribution in [-0.4, -0.2) is 24.5 Å². The highest BCUT2D eigenvalue weighted by Crippen LogP contribution is 2.44.